The summed E-state index contributed by atoms with van der Waals surface area (Å²) in [6.45, 7) is 0.924. The zero-order valence-electron chi connectivity index (χ0n) is 9.64. The van der Waals surface area contributed by atoms with Crippen molar-refractivity contribution in [3.8, 4) is 5.75 Å². The zero-order valence-corrected chi connectivity index (χ0v) is 10.4. The van der Waals surface area contributed by atoms with Crippen LogP contribution in [-0.4, -0.2) is 20.7 Å². The van der Waals surface area contributed by atoms with Gasteiger partial charge in [-0.25, -0.2) is 0 Å². The first-order valence-corrected chi connectivity index (χ1v) is 5.83. The number of ether oxygens (including phenoxy) is 1. The summed E-state index contributed by atoms with van der Waals surface area (Å²) in [6.07, 6.45) is 4.26. The molecular formula is C13H16ClNO. The van der Waals surface area contributed by atoms with E-state index in [-0.39, 0.29) is 0 Å². The molecule has 1 aromatic carbocycles. The van der Waals surface area contributed by atoms with Gasteiger partial charge in [-0.2, -0.15) is 0 Å². The number of fused-ring (bicyclic) bond motifs is 1. The Bertz CT molecular complexity index is 426. The summed E-state index contributed by atoms with van der Waals surface area (Å²) in [7, 11) is 3.67. The van der Waals surface area contributed by atoms with Crippen LogP contribution in [0.15, 0.2) is 17.7 Å². The molecule has 1 N–H and O–H groups in total. The van der Waals surface area contributed by atoms with Crippen LogP contribution in [0.4, 0.5) is 0 Å². The van der Waals surface area contributed by atoms with Crippen molar-refractivity contribution in [1.82, 2.24) is 5.32 Å². The van der Waals surface area contributed by atoms with Crippen LogP contribution in [0.1, 0.15) is 17.5 Å². The predicted octanol–water partition coefficient (Wildman–Crippen LogP) is 2.90. The molecule has 0 bridgehead atoms. The molecule has 86 valence electrons. The molecule has 0 spiro atoms. The summed E-state index contributed by atoms with van der Waals surface area (Å²) in [5.41, 5.74) is 3.75. The molecule has 0 fully saturated rings. The van der Waals surface area contributed by atoms with Crippen molar-refractivity contribution in [3.63, 3.8) is 0 Å². The van der Waals surface area contributed by atoms with Crippen LogP contribution in [0.5, 0.6) is 5.75 Å². The van der Waals surface area contributed by atoms with Crippen molar-refractivity contribution in [2.24, 2.45) is 0 Å². The Kier molecular flexibility index (Phi) is 3.52. The fourth-order valence-corrected chi connectivity index (χ4v) is 2.38. The molecule has 0 radical (unpaired) electrons. The third-order valence-electron chi connectivity index (χ3n) is 2.93. The van der Waals surface area contributed by atoms with Gasteiger partial charge in [0, 0.05) is 17.1 Å². The first-order valence-electron chi connectivity index (χ1n) is 5.45. The van der Waals surface area contributed by atoms with E-state index in [9.17, 15) is 0 Å². The molecule has 0 heterocycles. The molecule has 0 amide bonds. The second kappa shape index (κ2) is 4.89. The lowest BCUT2D eigenvalue weighted by atomic mass is 9.91. The van der Waals surface area contributed by atoms with E-state index in [4.69, 9.17) is 16.3 Å². The topological polar surface area (TPSA) is 21.3 Å². The highest BCUT2D eigenvalue weighted by atomic mass is 35.5. The van der Waals surface area contributed by atoms with E-state index < -0.39 is 0 Å². The zero-order chi connectivity index (χ0) is 11.5. The van der Waals surface area contributed by atoms with Crippen molar-refractivity contribution in [2.75, 3.05) is 20.7 Å². The lowest BCUT2D eigenvalue weighted by Gasteiger charge is -2.19. The third kappa shape index (κ3) is 2.08. The minimum atomic E-state index is 0.809. The Morgan fingerprint density at radius 3 is 2.88 bits per heavy atom. The van der Waals surface area contributed by atoms with E-state index in [1.54, 1.807) is 7.11 Å². The fourth-order valence-electron chi connectivity index (χ4n) is 2.15. The van der Waals surface area contributed by atoms with Crippen LogP contribution in [-0.2, 0) is 6.42 Å². The summed E-state index contributed by atoms with van der Waals surface area (Å²) in [4.78, 5) is 0. The predicted molar refractivity (Wildman–Crippen MR) is 68.2 cm³/mol. The van der Waals surface area contributed by atoms with Gasteiger partial charge in [0.2, 0.25) is 0 Å². The van der Waals surface area contributed by atoms with Crippen molar-refractivity contribution < 1.29 is 4.74 Å². The van der Waals surface area contributed by atoms with Crippen LogP contribution >= 0.6 is 11.6 Å². The lowest BCUT2D eigenvalue weighted by molar-refractivity contribution is 0.409. The van der Waals surface area contributed by atoms with Gasteiger partial charge in [-0.3, -0.25) is 0 Å². The molecule has 0 unspecified atom stereocenters. The van der Waals surface area contributed by atoms with Crippen molar-refractivity contribution in [3.05, 3.63) is 33.9 Å². The molecule has 1 aliphatic carbocycles. The Morgan fingerprint density at radius 1 is 1.38 bits per heavy atom. The van der Waals surface area contributed by atoms with Gasteiger partial charge >= 0.3 is 0 Å². The number of likely N-dealkylation sites (N-methyl/N-ethyl adjacent to an activating group) is 1. The number of hydrogen-bond acceptors (Lipinski definition) is 2. The quantitative estimate of drug-likeness (QED) is 0.873. The maximum atomic E-state index is 6.22. The van der Waals surface area contributed by atoms with Gasteiger partial charge in [0.15, 0.2) is 0 Å². The summed E-state index contributed by atoms with van der Waals surface area (Å²) in [5, 5.41) is 3.98. The highest BCUT2D eigenvalue weighted by Gasteiger charge is 2.16. The van der Waals surface area contributed by atoms with Gasteiger partial charge in [0.25, 0.3) is 0 Å². The summed E-state index contributed by atoms with van der Waals surface area (Å²) in [6, 6.07) is 3.84. The number of halogens is 1. The molecule has 2 rings (SSSR count). The third-order valence-corrected chi connectivity index (χ3v) is 3.26. The maximum absolute atomic E-state index is 6.22. The highest BCUT2D eigenvalue weighted by molar-refractivity contribution is 6.32. The minimum absolute atomic E-state index is 0.809. The highest BCUT2D eigenvalue weighted by Crippen LogP contribution is 2.35. The average molecular weight is 238 g/mol. The first kappa shape index (κ1) is 11.5. The van der Waals surface area contributed by atoms with E-state index in [0.29, 0.717) is 0 Å². The monoisotopic (exact) mass is 237 g/mol. The average Bonchev–Trinajstić information content (AvgIpc) is 2.31. The van der Waals surface area contributed by atoms with Crippen molar-refractivity contribution >= 4 is 17.7 Å². The van der Waals surface area contributed by atoms with E-state index in [1.165, 1.54) is 11.1 Å². The van der Waals surface area contributed by atoms with Crippen LogP contribution in [0, 0.1) is 0 Å². The lowest BCUT2D eigenvalue weighted by Crippen LogP contribution is -2.13. The largest absolute Gasteiger partial charge is 0.496 e. The molecule has 1 aromatic rings. The Morgan fingerprint density at radius 2 is 2.19 bits per heavy atom. The number of rotatable bonds is 3. The number of hydrogen-bond donors (Lipinski definition) is 1. The standard InChI is InChI=1S/C13H16ClNO/c1-15-8-9-3-4-10-11(7-9)12(14)5-6-13(10)16-2/h5-7,15H,3-4,8H2,1-2H3. The maximum Gasteiger partial charge on any atom is 0.122 e. The fraction of sp³-hybridized carbons (Fsp3) is 0.385. The van der Waals surface area contributed by atoms with Crippen molar-refractivity contribution in [2.45, 2.75) is 12.8 Å². The van der Waals surface area contributed by atoms with E-state index >= 15 is 0 Å². The van der Waals surface area contributed by atoms with Crippen molar-refractivity contribution in [1.29, 1.82) is 0 Å². The van der Waals surface area contributed by atoms with Crippen LogP contribution < -0.4 is 10.1 Å². The van der Waals surface area contributed by atoms with Gasteiger partial charge in [-0.05, 0) is 37.6 Å². The molecular weight excluding hydrogens is 222 g/mol. The van der Waals surface area contributed by atoms with E-state index in [0.717, 1.165) is 35.7 Å². The molecule has 2 nitrogen and oxygen atoms in total. The molecule has 0 saturated carbocycles. The summed E-state index contributed by atoms with van der Waals surface area (Å²) >= 11 is 6.22. The number of benzene rings is 1. The van der Waals surface area contributed by atoms with Gasteiger partial charge in [-0.15, -0.1) is 0 Å². The van der Waals surface area contributed by atoms with Crippen LogP contribution in [0.25, 0.3) is 6.08 Å². The first-order chi connectivity index (χ1) is 7.76. The molecule has 0 saturated heterocycles. The molecule has 0 aliphatic heterocycles. The van der Waals surface area contributed by atoms with Gasteiger partial charge in [0.1, 0.15) is 5.75 Å². The van der Waals surface area contributed by atoms with Gasteiger partial charge < -0.3 is 10.1 Å². The van der Waals surface area contributed by atoms with Gasteiger partial charge in [-0.1, -0.05) is 23.3 Å². The van der Waals surface area contributed by atoms with Crippen LogP contribution in [0.3, 0.4) is 0 Å². The van der Waals surface area contributed by atoms with Crippen LogP contribution in [0.2, 0.25) is 5.02 Å². The Labute approximate surface area is 101 Å². The second-order valence-corrected chi connectivity index (χ2v) is 4.38. The minimum Gasteiger partial charge on any atom is -0.496 e. The Balaban J connectivity index is 2.44. The smallest absolute Gasteiger partial charge is 0.122 e. The molecule has 16 heavy (non-hydrogen) atoms. The number of methoxy groups -OCH3 is 1. The molecule has 0 aromatic heterocycles. The molecule has 0 atom stereocenters. The van der Waals surface area contributed by atoms with Gasteiger partial charge in [0.05, 0.1) is 7.11 Å². The SMILES string of the molecule is CNCC1=Cc2c(Cl)ccc(OC)c2CC1. The summed E-state index contributed by atoms with van der Waals surface area (Å²) in [5.74, 6) is 0.944. The normalized spacial score (nSPS) is 14.3. The number of nitrogens with one attached hydrogen (secondary N) is 1. The van der Waals surface area contributed by atoms with E-state index in [2.05, 4.69) is 11.4 Å². The summed E-state index contributed by atoms with van der Waals surface area (Å²) < 4.78 is 5.36. The second-order valence-electron chi connectivity index (χ2n) is 3.97. The van der Waals surface area contributed by atoms with E-state index in [1.807, 2.05) is 19.2 Å². The Hall–Kier alpha value is -0.990. The molecule has 1 aliphatic rings. The molecule has 3 heteroatoms.